The summed E-state index contributed by atoms with van der Waals surface area (Å²) < 4.78 is 8.19. The third kappa shape index (κ3) is 3.98. The van der Waals surface area contributed by atoms with Crippen LogP contribution in [0.15, 0.2) is 105 Å². The maximum absolute atomic E-state index is 13.9. The number of thiazole rings is 1. The standard InChI is InChI=1S/C33H24N2O4S/c1-19-11-12-22(32(37)38)16-27(19)23-15-24(39-18-23)17-28-31(36)35-30(21-8-3-2-4-9-21)26-14-13-20-7-5-6-10-25(20)29(26)34-33(35)40-28/h2-12,15-18,30H,13-14H2,1H3,(H,37,38). The van der Waals surface area contributed by atoms with E-state index in [1.165, 1.54) is 16.9 Å². The fourth-order valence-electron chi connectivity index (χ4n) is 5.72. The summed E-state index contributed by atoms with van der Waals surface area (Å²) in [5, 5.41) is 9.42. The summed E-state index contributed by atoms with van der Waals surface area (Å²) in [5.41, 5.74) is 8.19. The molecule has 0 fully saturated rings. The number of nitrogens with zero attached hydrogens (tertiary/aromatic N) is 2. The Labute approximate surface area is 233 Å². The van der Waals surface area contributed by atoms with Crippen molar-refractivity contribution >= 4 is 29.1 Å². The van der Waals surface area contributed by atoms with Crippen molar-refractivity contribution in [3.05, 3.63) is 144 Å². The van der Waals surface area contributed by atoms with Crippen LogP contribution in [-0.4, -0.2) is 15.6 Å². The lowest BCUT2D eigenvalue weighted by Gasteiger charge is -2.30. The highest BCUT2D eigenvalue weighted by molar-refractivity contribution is 7.07. The van der Waals surface area contributed by atoms with Gasteiger partial charge in [-0.2, -0.15) is 0 Å². The van der Waals surface area contributed by atoms with E-state index in [4.69, 9.17) is 9.41 Å². The van der Waals surface area contributed by atoms with Gasteiger partial charge in [0, 0.05) is 17.2 Å². The van der Waals surface area contributed by atoms with E-state index in [1.54, 1.807) is 30.5 Å². The van der Waals surface area contributed by atoms with E-state index in [9.17, 15) is 14.7 Å². The first-order valence-electron chi connectivity index (χ1n) is 13.1. The zero-order valence-corrected chi connectivity index (χ0v) is 22.4. The molecule has 1 N–H and O–H groups in total. The van der Waals surface area contributed by atoms with Gasteiger partial charge in [-0.3, -0.25) is 9.36 Å². The molecule has 1 atom stereocenters. The summed E-state index contributed by atoms with van der Waals surface area (Å²) in [6.45, 7) is 1.93. The number of rotatable bonds is 4. The Hall–Kier alpha value is -4.75. The molecule has 0 saturated carbocycles. The number of carboxylic acid groups (broad SMARTS) is 1. The van der Waals surface area contributed by atoms with Crippen LogP contribution in [0.1, 0.15) is 50.8 Å². The van der Waals surface area contributed by atoms with Crippen molar-refractivity contribution in [2.24, 2.45) is 4.99 Å². The van der Waals surface area contributed by atoms with Gasteiger partial charge >= 0.3 is 5.97 Å². The lowest BCUT2D eigenvalue weighted by molar-refractivity contribution is 0.0697. The number of aryl methyl sites for hydroxylation is 2. The van der Waals surface area contributed by atoms with Crippen molar-refractivity contribution in [3.8, 4) is 11.1 Å². The normalized spacial score (nSPS) is 16.2. The number of allylic oxidation sites excluding steroid dienone is 1. The summed E-state index contributed by atoms with van der Waals surface area (Å²) in [6.07, 6.45) is 5.10. The van der Waals surface area contributed by atoms with Crippen molar-refractivity contribution in [1.82, 2.24) is 4.57 Å². The number of fused-ring (bicyclic) bond motifs is 3. The van der Waals surface area contributed by atoms with Crippen molar-refractivity contribution in [3.63, 3.8) is 0 Å². The van der Waals surface area contributed by atoms with Crippen LogP contribution in [-0.2, 0) is 6.42 Å². The van der Waals surface area contributed by atoms with Gasteiger partial charge in [-0.15, -0.1) is 0 Å². The van der Waals surface area contributed by atoms with Gasteiger partial charge in [0.2, 0.25) is 0 Å². The van der Waals surface area contributed by atoms with Crippen LogP contribution < -0.4 is 14.9 Å². The quantitative estimate of drug-likeness (QED) is 0.320. The molecule has 1 unspecified atom stereocenters. The van der Waals surface area contributed by atoms with E-state index >= 15 is 0 Å². The molecule has 2 aromatic heterocycles. The molecule has 3 heterocycles. The van der Waals surface area contributed by atoms with Gasteiger partial charge in [-0.25, -0.2) is 9.79 Å². The lowest BCUT2D eigenvalue weighted by atomic mass is 9.83. The first-order valence-corrected chi connectivity index (χ1v) is 13.9. The van der Waals surface area contributed by atoms with E-state index < -0.39 is 5.97 Å². The zero-order chi connectivity index (χ0) is 27.4. The van der Waals surface area contributed by atoms with Crippen LogP contribution in [0.5, 0.6) is 0 Å². The Morgan fingerprint density at radius 3 is 2.65 bits per heavy atom. The lowest BCUT2D eigenvalue weighted by Crippen LogP contribution is -2.38. The average Bonchev–Trinajstić information content (AvgIpc) is 3.56. The number of aromatic carboxylic acids is 1. The maximum Gasteiger partial charge on any atom is 0.335 e. The predicted octanol–water partition coefficient (Wildman–Crippen LogP) is 5.59. The Balaban J connectivity index is 1.38. The highest BCUT2D eigenvalue weighted by Crippen LogP contribution is 2.41. The number of hydrogen-bond acceptors (Lipinski definition) is 5. The topological polar surface area (TPSA) is 84.8 Å². The minimum atomic E-state index is -0.982. The molecule has 7 heteroatoms. The molecule has 6 nitrogen and oxygen atoms in total. The molecule has 1 aliphatic heterocycles. The molecule has 7 rings (SSSR count). The van der Waals surface area contributed by atoms with Gasteiger partial charge in [0.1, 0.15) is 5.76 Å². The van der Waals surface area contributed by atoms with Crippen molar-refractivity contribution in [1.29, 1.82) is 0 Å². The van der Waals surface area contributed by atoms with E-state index in [1.807, 2.05) is 41.8 Å². The smallest absolute Gasteiger partial charge is 0.335 e. The molecule has 3 aromatic carbocycles. The molecule has 1 aliphatic carbocycles. The van der Waals surface area contributed by atoms with Gasteiger partial charge in [-0.05, 0) is 65.8 Å². The van der Waals surface area contributed by atoms with Crippen LogP contribution in [0.4, 0.5) is 0 Å². The van der Waals surface area contributed by atoms with Crippen LogP contribution >= 0.6 is 11.3 Å². The maximum atomic E-state index is 13.9. The largest absolute Gasteiger partial charge is 0.478 e. The molecule has 196 valence electrons. The molecule has 0 radical (unpaired) electrons. The summed E-state index contributed by atoms with van der Waals surface area (Å²) in [6, 6.07) is 25.2. The number of furan rings is 1. The number of aromatic nitrogens is 1. The number of carboxylic acids is 1. The van der Waals surface area contributed by atoms with Gasteiger partial charge in [0.05, 0.1) is 28.1 Å². The molecule has 2 aliphatic rings. The third-order valence-corrected chi connectivity index (χ3v) is 8.66. The highest BCUT2D eigenvalue weighted by atomic mass is 32.1. The van der Waals surface area contributed by atoms with E-state index in [2.05, 4.69) is 30.3 Å². The molecule has 5 aromatic rings. The minimum absolute atomic E-state index is 0.106. The van der Waals surface area contributed by atoms with E-state index in [0.717, 1.165) is 51.9 Å². The second-order valence-electron chi connectivity index (χ2n) is 10.1. The monoisotopic (exact) mass is 544 g/mol. The Bertz CT molecular complexity index is 2030. The van der Waals surface area contributed by atoms with Crippen LogP contribution in [0.2, 0.25) is 0 Å². The molecule has 0 bridgehead atoms. The Kier molecular flexibility index (Phi) is 5.75. The Morgan fingerprint density at radius 1 is 1.02 bits per heavy atom. The van der Waals surface area contributed by atoms with Gasteiger partial charge < -0.3 is 9.52 Å². The van der Waals surface area contributed by atoms with Crippen molar-refractivity contribution in [2.45, 2.75) is 25.8 Å². The van der Waals surface area contributed by atoms with Crippen molar-refractivity contribution < 1.29 is 14.3 Å². The highest BCUT2D eigenvalue weighted by Gasteiger charge is 2.32. The van der Waals surface area contributed by atoms with Crippen LogP contribution in [0.25, 0.3) is 22.9 Å². The van der Waals surface area contributed by atoms with Crippen LogP contribution in [0, 0.1) is 6.92 Å². The zero-order valence-electron chi connectivity index (χ0n) is 21.6. The fourth-order valence-corrected chi connectivity index (χ4v) is 6.70. The first kappa shape index (κ1) is 24.3. The van der Waals surface area contributed by atoms with E-state index in [-0.39, 0.29) is 17.2 Å². The molecule has 40 heavy (non-hydrogen) atoms. The number of hydrogen-bond donors (Lipinski definition) is 1. The average molecular weight is 545 g/mol. The molecular formula is C33H24N2O4S. The second kappa shape index (κ2) is 9.47. The van der Waals surface area contributed by atoms with E-state index in [0.29, 0.717) is 15.1 Å². The molecular weight excluding hydrogens is 520 g/mol. The predicted molar refractivity (Wildman–Crippen MR) is 155 cm³/mol. The molecule has 0 spiro atoms. The summed E-state index contributed by atoms with van der Waals surface area (Å²) in [7, 11) is 0. The number of benzene rings is 3. The minimum Gasteiger partial charge on any atom is -0.478 e. The second-order valence-corrected chi connectivity index (χ2v) is 11.1. The molecule has 0 amide bonds. The van der Waals surface area contributed by atoms with Gasteiger partial charge in [0.15, 0.2) is 4.80 Å². The fraction of sp³-hybridized carbons (Fsp3) is 0.121. The van der Waals surface area contributed by atoms with Gasteiger partial charge in [0.25, 0.3) is 5.56 Å². The SMILES string of the molecule is Cc1ccc(C(=O)O)cc1-c1coc(C=c2sc3n(c2=O)C(c2ccccc2)C2=C(N=3)c3ccccc3CC2)c1. The van der Waals surface area contributed by atoms with Gasteiger partial charge in [-0.1, -0.05) is 72.0 Å². The number of carbonyl (C=O) groups is 1. The van der Waals surface area contributed by atoms with Crippen molar-refractivity contribution in [2.75, 3.05) is 0 Å². The third-order valence-electron chi connectivity index (χ3n) is 7.68. The summed E-state index contributed by atoms with van der Waals surface area (Å²) >= 11 is 1.36. The summed E-state index contributed by atoms with van der Waals surface area (Å²) in [5.74, 6) is -0.463. The first-order chi connectivity index (χ1) is 19.5. The summed E-state index contributed by atoms with van der Waals surface area (Å²) in [4.78, 5) is 31.1. The Morgan fingerprint density at radius 2 is 1.82 bits per heavy atom. The van der Waals surface area contributed by atoms with Crippen LogP contribution in [0.3, 0.4) is 0 Å². The molecule has 0 saturated heterocycles.